The predicted octanol–water partition coefficient (Wildman–Crippen LogP) is 7.11. The molecule has 0 unspecified atom stereocenters. The quantitative estimate of drug-likeness (QED) is 0.312. The Kier molecular flexibility index (Phi) is 5.38. The third kappa shape index (κ3) is 3.53. The number of halogens is 2. The molecule has 3 aromatic carbocycles. The Labute approximate surface area is 167 Å². The SMILES string of the molecule is CCCCOc1ccc2c(oc3c(F)c(-c4ccc(OCC)cc4)ccc32)c1F. The van der Waals surface area contributed by atoms with Crippen molar-refractivity contribution in [1.29, 1.82) is 0 Å². The van der Waals surface area contributed by atoms with Crippen molar-refractivity contribution in [1.82, 2.24) is 0 Å². The first-order valence-electron chi connectivity index (χ1n) is 9.83. The Morgan fingerprint density at radius 3 is 2.17 bits per heavy atom. The Hall–Kier alpha value is -3.08. The largest absolute Gasteiger partial charge is 0.494 e. The van der Waals surface area contributed by atoms with Crippen LogP contribution in [0.15, 0.2) is 52.9 Å². The maximum absolute atomic E-state index is 15.2. The second-order valence-electron chi connectivity index (χ2n) is 6.82. The van der Waals surface area contributed by atoms with E-state index in [4.69, 9.17) is 13.9 Å². The van der Waals surface area contributed by atoms with Crippen molar-refractivity contribution in [3.63, 3.8) is 0 Å². The van der Waals surface area contributed by atoms with Crippen molar-refractivity contribution in [2.75, 3.05) is 13.2 Å². The molecule has 0 amide bonds. The molecule has 0 radical (unpaired) electrons. The van der Waals surface area contributed by atoms with Gasteiger partial charge in [-0.2, -0.15) is 4.39 Å². The molecule has 0 spiro atoms. The topological polar surface area (TPSA) is 31.6 Å². The third-order valence-electron chi connectivity index (χ3n) is 4.88. The fourth-order valence-electron chi connectivity index (χ4n) is 3.38. The number of rotatable bonds is 7. The average Bonchev–Trinajstić information content (AvgIpc) is 3.12. The van der Waals surface area contributed by atoms with Crippen LogP contribution in [-0.4, -0.2) is 13.2 Å². The normalized spacial score (nSPS) is 11.3. The molecule has 0 aliphatic heterocycles. The van der Waals surface area contributed by atoms with Crippen molar-refractivity contribution in [3.05, 3.63) is 60.2 Å². The molecule has 0 aliphatic rings. The second kappa shape index (κ2) is 8.11. The van der Waals surface area contributed by atoms with Gasteiger partial charge in [-0.25, -0.2) is 4.39 Å². The first-order chi connectivity index (χ1) is 14.1. The van der Waals surface area contributed by atoms with Gasteiger partial charge in [0.2, 0.25) is 5.82 Å². The molecule has 0 fully saturated rings. The van der Waals surface area contributed by atoms with E-state index >= 15 is 4.39 Å². The van der Waals surface area contributed by atoms with Gasteiger partial charge in [-0.3, -0.25) is 0 Å². The van der Waals surface area contributed by atoms with Crippen LogP contribution >= 0.6 is 0 Å². The van der Waals surface area contributed by atoms with E-state index < -0.39 is 11.6 Å². The van der Waals surface area contributed by atoms with E-state index in [1.807, 2.05) is 13.8 Å². The van der Waals surface area contributed by atoms with Crippen molar-refractivity contribution < 1.29 is 22.7 Å². The summed E-state index contributed by atoms with van der Waals surface area (Å²) in [6, 6.07) is 13.9. The molecule has 0 saturated carbocycles. The highest BCUT2D eigenvalue weighted by atomic mass is 19.1. The highest BCUT2D eigenvalue weighted by Crippen LogP contribution is 2.38. The molecule has 0 aliphatic carbocycles. The van der Waals surface area contributed by atoms with E-state index in [0.29, 0.717) is 35.1 Å². The molecule has 3 nitrogen and oxygen atoms in total. The average molecular weight is 396 g/mol. The summed E-state index contributed by atoms with van der Waals surface area (Å²) >= 11 is 0. The molecule has 5 heteroatoms. The summed E-state index contributed by atoms with van der Waals surface area (Å²) in [5.74, 6) is -0.274. The van der Waals surface area contributed by atoms with Gasteiger partial charge in [-0.1, -0.05) is 31.5 Å². The molecule has 0 atom stereocenters. The smallest absolute Gasteiger partial charge is 0.208 e. The third-order valence-corrected chi connectivity index (χ3v) is 4.88. The van der Waals surface area contributed by atoms with E-state index in [0.717, 1.165) is 18.6 Å². The lowest BCUT2D eigenvalue weighted by atomic mass is 10.0. The Bertz CT molecular complexity index is 1150. The van der Waals surface area contributed by atoms with E-state index in [1.165, 1.54) is 0 Å². The van der Waals surface area contributed by atoms with Gasteiger partial charge in [-0.15, -0.1) is 0 Å². The summed E-state index contributed by atoms with van der Waals surface area (Å²) in [4.78, 5) is 0. The lowest BCUT2D eigenvalue weighted by Gasteiger charge is -2.06. The summed E-state index contributed by atoms with van der Waals surface area (Å²) < 4.78 is 46.7. The molecular formula is C24H22F2O3. The van der Waals surface area contributed by atoms with Crippen LogP contribution in [0.1, 0.15) is 26.7 Å². The second-order valence-corrected chi connectivity index (χ2v) is 6.82. The van der Waals surface area contributed by atoms with Gasteiger partial charge < -0.3 is 13.9 Å². The van der Waals surface area contributed by atoms with Crippen LogP contribution in [-0.2, 0) is 0 Å². The highest BCUT2D eigenvalue weighted by Gasteiger charge is 2.20. The molecule has 0 bridgehead atoms. The molecule has 4 aromatic rings. The zero-order valence-corrected chi connectivity index (χ0v) is 16.4. The zero-order chi connectivity index (χ0) is 20.4. The molecule has 1 aromatic heterocycles. The number of fused-ring (bicyclic) bond motifs is 3. The van der Waals surface area contributed by atoms with Crippen LogP contribution in [0.2, 0.25) is 0 Å². The Balaban J connectivity index is 1.77. The number of benzene rings is 3. The lowest BCUT2D eigenvalue weighted by Crippen LogP contribution is -1.98. The maximum atomic E-state index is 15.2. The summed E-state index contributed by atoms with van der Waals surface area (Å²) in [6.45, 7) is 4.93. The summed E-state index contributed by atoms with van der Waals surface area (Å²) in [7, 11) is 0. The van der Waals surface area contributed by atoms with Gasteiger partial charge in [0.05, 0.1) is 13.2 Å². The highest BCUT2D eigenvalue weighted by molar-refractivity contribution is 6.06. The van der Waals surface area contributed by atoms with Crippen LogP contribution in [0.3, 0.4) is 0 Å². The minimum absolute atomic E-state index is 0.0109. The first-order valence-corrected chi connectivity index (χ1v) is 9.83. The van der Waals surface area contributed by atoms with E-state index in [1.54, 1.807) is 48.5 Å². The van der Waals surface area contributed by atoms with Gasteiger partial charge in [0.1, 0.15) is 5.75 Å². The van der Waals surface area contributed by atoms with Crippen LogP contribution in [0.4, 0.5) is 8.78 Å². The first kappa shape index (κ1) is 19.2. The molecule has 0 saturated heterocycles. The Morgan fingerprint density at radius 1 is 0.793 bits per heavy atom. The molecule has 150 valence electrons. The minimum atomic E-state index is -0.600. The van der Waals surface area contributed by atoms with Crippen molar-refractivity contribution in [2.45, 2.75) is 26.7 Å². The van der Waals surface area contributed by atoms with E-state index in [2.05, 4.69) is 0 Å². The van der Waals surface area contributed by atoms with Crippen molar-refractivity contribution >= 4 is 21.9 Å². The van der Waals surface area contributed by atoms with Crippen LogP contribution < -0.4 is 9.47 Å². The molecule has 1 heterocycles. The van der Waals surface area contributed by atoms with Crippen LogP contribution in [0.25, 0.3) is 33.1 Å². The minimum Gasteiger partial charge on any atom is -0.494 e. The van der Waals surface area contributed by atoms with Gasteiger partial charge in [0.25, 0.3) is 0 Å². The number of hydrogen-bond donors (Lipinski definition) is 0. The number of furan rings is 1. The van der Waals surface area contributed by atoms with Gasteiger partial charge in [-0.05, 0) is 49.2 Å². The van der Waals surface area contributed by atoms with E-state index in [9.17, 15) is 4.39 Å². The monoisotopic (exact) mass is 396 g/mol. The molecule has 29 heavy (non-hydrogen) atoms. The standard InChI is InChI=1S/C24H22F2O3/c1-3-5-14-28-20-13-12-19-18-11-10-17(15-6-8-16(9-7-15)27-4-2)21(25)23(18)29-24(19)22(20)26/h6-13H,3-5,14H2,1-2H3. The number of ether oxygens (including phenoxy) is 2. The van der Waals surface area contributed by atoms with Crippen molar-refractivity contribution in [3.8, 4) is 22.6 Å². The fourth-order valence-corrected chi connectivity index (χ4v) is 3.38. The van der Waals surface area contributed by atoms with Crippen LogP contribution in [0, 0.1) is 11.6 Å². The predicted molar refractivity (Wildman–Crippen MR) is 111 cm³/mol. The number of unbranched alkanes of at least 4 members (excludes halogenated alkanes) is 1. The fraction of sp³-hybridized carbons (Fsp3) is 0.250. The van der Waals surface area contributed by atoms with Gasteiger partial charge >= 0.3 is 0 Å². The summed E-state index contributed by atoms with van der Waals surface area (Å²) in [6.07, 6.45) is 1.78. The maximum Gasteiger partial charge on any atom is 0.208 e. The molecule has 4 rings (SSSR count). The molecular weight excluding hydrogens is 374 g/mol. The zero-order valence-electron chi connectivity index (χ0n) is 16.4. The number of hydrogen-bond acceptors (Lipinski definition) is 3. The van der Waals surface area contributed by atoms with Gasteiger partial charge in [0.15, 0.2) is 22.7 Å². The summed E-state index contributed by atoms with van der Waals surface area (Å²) in [5.41, 5.74) is 1.13. The van der Waals surface area contributed by atoms with Gasteiger partial charge in [0, 0.05) is 16.3 Å². The lowest BCUT2D eigenvalue weighted by molar-refractivity contribution is 0.294. The molecule has 0 N–H and O–H groups in total. The Morgan fingerprint density at radius 2 is 1.48 bits per heavy atom. The van der Waals surface area contributed by atoms with Crippen molar-refractivity contribution in [2.24, 2.45) is 0 Å². The summed E-state index contributed by atoms with van der Waals surface area (Å²) in [5, 5.41) is 1.06. The van der Waals surface area contributed by atoms with Crippen LogP contribution in [0.5, 0.6) is 11.5 Å². The van der Waals surface area contributed by atoms with E-state index in [-0.39, 0.29) is 16.9 Å².